The zero-order chi connectivity index (χ0) is 14.4. The smallest absolute Gasteiger partial charge is 0.228 e. The number of fused-ring (bicyclic) bond motifs is 1. The SMILES string of the molecule is Nc1c(Br)cc2nc(-c3cccc(Cl)c3Cl)oc2c1Br. The van der Waals surface area contributed by atoms with E-state index in [4.69, 9.17) is 33.4 Å². The molecule has 0 bridgehead atoms. The van der Waals surface area contributed by atoms with Gasteiger partial charge < -0.3 is 10.2 Å². The molecular formula is C13H6Br2Cl2N2O. The van der Waals surface area contributed by atoms with Crippen LogP contribution in [0.4, 0.5) is 5.69 Å². The van der Waals surface area contributed by atoms with Crippen molar-refractivity contribution in [3.8, 4) is 11.5 Å². The van der Waals surface area contributed by atoms with Crippen molar-refractivity contribution >= 4 is 71.8 Å². The van der Waals surface area contributed by atoms with Gasteiger partial charge in [0.2, 0.25) is 5.89 Å². The molecule has 0 atom stereocenters. The van der Waals surface area contributed by atoms with Crippen LogP contribution in [0.15, 0.2) is 37.6 Å². The fourth-order valence-electron chi connectivity index (χ4n) is 1.80. The summed E-state index contributed by atoms with van der Waals surface area (Å²) in [6.45, 7) is 0. The second-order valence-electron chi connectivity index (χ2n) is 4.05. The van der Waals surface area contributed by atoms with E-state index in [0.717, 1.165) is 4.47 Å². The lowest BCUT2D eigenvalue weighted by Crippen LogP contribution is -1.88. The third kappa shape index (κ3) is 2.22. The van der Waals surface area contributed by atoms with Gasteiger partial charge in [-0.2, -0.15) is 0 Å². The Morgan fingerprint density at radius 2 is 1.95 bits per heavy atom. The van der Waals surface area contributed by atoms with Crippen LogP contribution in [0, 0.1) is 0 Å². The maximum Gasteiger partial charge on any atom is 0.228 e. The average Bonchev–Trinajstić information content (AvgIpc) is 2.83. The Morgan fingerprint density at radius 1 is 1.20 bits per heavy atom. The van der Waals surface area contributed by atoms with Crippen LogP contribution in [-0.4, -0.2) is 4.98 Å². The highest BCUT2D eigenvalue weighted by Gasteiger charge is 2.17. The molecule has 102 valence electrons. The first kappa shape index (κ1) is 14.2. The zero-order valence-electron chi connectivity index (χ0n) is 9.75. The highest BCUT2D eigenvalue weighted by atomic mass is 79.9. The molecular weight excluding hydrogens is 431 g/mol. The summed E-state index contributed by atoms with van der Waals surface area (Å²) in [5.74, 6) is 0.394. The van der Waals surface area contributed by atoms with Gasteiger partial charge in [-0.3, -0.25) is 0 Å². The second kappa shape index (κ2) is 5.22. The number of aromatic nitrogens is 1. The number of nitrogen functional groups attached to an aromatic ring is 1. The van der Waals surface area contributed by atoms with E-state index >= 15 is 0 Å². The van der Waals surface area contributed by atoms with Crippen molar-refractivity contribution in [3.05, 3.63) is 43.3 Å². The number of nitrogens with zero attached hydrogens (tertiary/aromatic N) is 1. The minimum Gasteiger partial charge on any atom is -0.435 e. The molecule has 0 radical (unpaired) electrons. The van der Waals surface area contributed by atoms with E-state index in [0.29, 0.717) is 42.8 Å². The molecule has 2 N–H and O–H groups in total. The fraction of sp³-hybridized carbons (Fsp3) is 0. The molecule has 3 aromatic rings. The number of anilines is 1. The van der Waals surface area contributed by atoms with Gasteiger partial charge in [-0.25, -0.2) is 4.98 Å². The van der Waals surface area contributed by atoms with Crippen molar-refractivity contribution in [2.24, 2.45) is 0 Å². The normalized spacial score (nSPS) is 11.2. The van der Waals surface area contributed by atoms with Crippen LogP contribution >= 0.6 is 55.1 Å². The highest BCUT2D eigenvalue weighted by Crippen LogP contribution is 2.39. The Bertz CT molecular complexity index is 833. The van der Waals surface area contributed by atoms with E-state index < -0.39 is 0 Å². The molecule has 0 spiro atoms. The zero-order valence-corrected chi connectivity index (χ0v) is 14.4. The predicted octanol–water partition coefficient (Wildman–Crippen LogP) is 5.91. The summed E-state index contributed by atoms with van der Waals surface area (Å²) in [5, 5.41) is 0.857. The summed E-state index contributed by atoms with van der Waals surface area (Å²) in [5.41, 5.74) is 8.35. The molecule has 0 aliphatic carbocycles. The molecule has 0 unspecified atom stereocenters. The minimum atomic E-state index is 0.394. The van der Waals surface area contributed by atoms with E-state index in [-0.39, 0.29) is 0 Å². The Morgan fingerprint density at radius 3 is 2.70 bits per heavy atom. The number of benzene rings is 2. The number of hydrogen-bond acceptors (Lipinski definition) is 3. The topological polar surface area (TPSA) is 52.0 Å². The molecule has 0 aliphatic rings. The number of hydrogen-bond donors (Lipinski definition) is 1. The lowest BCUT2D eigenvalue weighted by molar-refractivity contribution is 0.618. The first-order chi connectivity index (χ1) is 9.49. The molecule has 1 aromatic heterocycles. The van der Waals surface area contributed by atoms with E-state index in [1.807, 2.05) is 0 Å². The lowest BCUT2D eigenvalue weighted by atomic mass is 10.2. The maximum atomic E-state index is 6.18. The Hall–Kier alpha value is -0.750. The number of halogens is 4. The second-order valence-corrected chi connectivity index (χ2v) is 6.49. The van der Waals surface area contributed by atoms with E-state index in [2.05, 4.69) is 36.8 Å². The number of rotatable bonds is 1. The van der Waals surface area contributed by atoms with Crippen LogP contribution < -0.4 is 5.73 Å². The van der Waals surface area contributed by atoms with Crippen molar-refractivity contribution < 1.29 is 4.42 Å². The molecule has 1 heterocycles. The monoisotopic (exact) mass is 434 g/mol. The predicted molar refractivity (Wildman–Crippen MR) is 89.3 cm³/mol. The minimum absolute atomic E-state index is 0.394. The van der Waals surface area contributed by atoms with E-state index in [1.165, 1.54) is 0 Å². The van der Waals surface area contributed by atoms with Gasteiger partial charge in [0.1, 0.15) is 5.52 Å². The van der Waals surface area contributed by atoms with Gasteiger partial charge in [0, 0.05) is 4.47 Å². The summed E-state index contributed by atoms with van der Waals surface area (Å²) < 4.78 is 7.15. The van der Waals surface area contributed by atoms with Crippen LogP contribution in [0.5, 0.6) is 0 Å². The van der Waals surface area contributed by atoms with Crippen LogP contribution in [0.25, 0.3) is 22.6 Å². The Kier molecular flexibility index (Phi) is 3.71. The summed E-state index contributed by atoms with van der Waals surface area (Å²) in [6.07, 6.45) is 0. The number of oxazole rings is 1. The first-order valence-electron chi connectivity index (χ1n) is 5.47. The van der Waals surface area contributed by atoms with Crippen LogP contribution in [0.3, 0.4) is 0 Å². The van der Waals surface area contributed by atoms with Crippen LogP contribution in [0.1, 0.15) is 0 Å². The van der Waals surface area contributed by atoms with Gasteiger partial charge in [0.15, 0.2) is 5.58 Å². The fourth-order valence-corrected chi connectivity index (χ4v) is 3.36. The van der Waals surface area contributed by atoms with Gasteiger partial charge >= 0.3 is 0 Å². The molecule has 2 aromatic carbocycles. The van der Waals surface area contributed by atoms with Gasteiger partial charge in [0.05, 0.1) is 25.8 Å². The molecule has 0 amide bonds. The van der Waals surface area contributed by atoms with Gasteiger partial charge in [-0.1, -0.05) is 29.3 Å². The molecule has 20 heavy (non-hydrogen) atoms. The van der Waals surface area contributed by atoms with Crippen molar-refractivity contribution in [1.29, 1.82) is 0 Å². The van der Waals surface area contributed by atoms with E-state index in [1.54, 1.807) is 24.3 Å². The van der Waals surface area contributed by atoms with E-state index in [9.17, 15) is 0 Å². The van der Waals surface area contributed by atoms with Crippen molar-refractivity contribution in [3.63, 3.8) is 0 Å². The molecule has 7 heteroatoms. The molecule has 0 saturated heterocycles. The average molecular weight is 437 g/mol. The summed E-state index contributed by atoms with van der Waals surface area (Å²) in [6, 6.07) is 7.09. The van der Waals surface area contributed by atoms with Crippen molar-refractivity contribution in [2.45, 2.75) is 0 Å². The van der Waals surface area contributed by atoms with Gasteiger partial charge in [-0.15, -0.1) is 0 Å². The molecule has 0 aliphatic heterocycles. The van der Waals surface area contributed by atoms with Gasteiger partial charge in [-0.05, 0) is 50.1 Å². The highest BCUT2D eigenvalue weighted by molar-refractivity contribution is 9.11. The molecule has 3 nitrogen and oxygen atoms in total. The Labute approximate surface area is 141 Å². The quantitative estimate of drug-likeness (QED) is 0.482. The van der Waals surface area contributed by atoms with Crippen LogP contribution in [-0.2, 0) is 0 Å². The summed E-state index contributed by atoms with van der Waals surface area (Å²) in [7, 11) is 0. The van der Waals surface area contributed by atoms with Crippen molar-refractivity contribution in [2.75, 3.05) is 5.73 Å². The van der Waals surface area contributed by atoms with Crippen molar-refractivity contribution in [1.82, 2.24) is 4.98 Å². The maximum absolute atomic E-state index is 6.18. The molecule has 3 rings (SSSR count). The Balaban J connectivity index is 2.29. The molecule has 0 saturated carbocycles. The summed E-state index contributed by atoms with van der Waals surface area (Å²) in [4.78, 5) is 4.42. The molecule has 0 fully saturated rings. The van der Waals surface area contributed by atoms with Crippen LogP contribution in [0.2, 0.25) is 10.0 Å². The third-order valence-electron chi connectivity index (χ3n) is 2.79. The lowest BCUT2D eigenvalue weighted by Gasteiger charge is -2.01. The largest absolute Gasteiger partial charge is 0.435 e. The van der Waals surface area contributed by atoms with Gasteiger partial charge in [0.25, 0.3) is 0 Å². The standard InChI is InChI=1S/C13H6Br2Cl2N2O/c14-6-4-8-12(9(15)11(6)18)20-13(19-8)5-2-1-3-7(16)10(5)17/h1-4H,18H2. The summed E-state index contributed by atoms with van der Waals surface area (Å²) >= 11 is 19.0. The first-order valence-corrected chi connectivity index (χ1v) is 7.81. The third-order valence-corrected chi connectivity index (χ3v) is 5.05. The number of nitrogens with two attached hydrogens (primary N) is 1.